The SMILES string of the molecule is Cl.O=Cc1ccccc1CN1CCNCC1. The molecule has 4 heteroatoms. The summed E-state index contributed by atoms with van der Waals surface area (Å²) < 4.78 is 0. The van der Waals surface area contributed by atoms with Gasteiger partial charge in [0, 0.05) is 38.3 Å². The zero-order valence-corrected chi connectivity index (χ0v) is 10.0. The van der Waals surface area contributed by atoms with Crippen molar-refractivity contribution in [1.82, 2.24) is 10.2 Å². The Labute approximate surface area is 102 Å². The van der Waals surface area contributed by atoms with E-state index in [4.69, 9.17) is 0 Å². The van der Waals surface area contributed by atoms with Gasteiger partial charge in [-0.25, -0.2) is 0 Å². The van der Waals surface area contributed by atoms with Gasteiger partial charge in [0.25, 0.3) is 0 Å². The molecule has 1 saturated heterocycles. The number of hydrogen-bond acceptors (Lipinski definition) is 3. The van der Waals surface area contributed by atoms with Crippen molar-refractivity contribution in [2.75, 3.05) is 26.2 Å². The number of aldehydes is 1. The van der Waals surface area contributed by atoms with Crippen molar-refractivity contribution in [1.29, 1.82) is 0 Å². The summed E-state index contributed by atoms with van der Waals surface area (Å²) in [6.45, 7) is 5.10. The highest BCUT2D eigenvalue weighted by molar-refractivity contribution is 5.85. The summed E-state index contributed by atoms with van der Waals surface area (Å²) in [5, 5.41) is 3.32. The maximum Gasteiger partial charge on any atom is 0.150 e. The molecule has 0 aliphatic carbocycles. The van der Waals surface area contributed by atoms with Gasteiger partial charge in [0.2, 0.25) is 0 Å². The van der Waals surface area contributed by atoms with Crippen LogP contribution in [0.2, 0.25) is 0 Å². The first-order valence-electron chi connectivity index (χ1n) is 5.36. The molecule has 1 N–H and O–H groups in total. The highest BCUT2D eigenvalue weighted by atomic mass is 35.5. The quantitative estimate of drug-likeness (QED) is 0.809. The monoisotopic (exact) mass is 240 g/mol. The third-order valence-electron chi connectivity index (χ3n) is 2.79. The molecule has 3 nitrogen and oxygen atoms in total. The van der Waals surface area contributed by atoms with Crippen LogP contribution in [-0.2, 0) is 6.54 Å². The summed E-state index contributed by atoms with van der Waals surface area (Å²) in [5.74, 6) is 0. The van der Waals surface area contributed by atoms with Crippen LogP contribution in [-0.4, -0.2) is 37.4 Å². The van der Waals surface area contributed by atoms with Crippen molar-refractivity contribution >= 4 is 18.7 Å². The predicted octanol–water partition coefficient (Wildman–Crippen LogP) is 1.33. The average molecular weight is 241 g/mol. The number of carbonyl (C=O) groups is 1. The molecule has 1 heterocycles. The zero-order valence-electron chi connectivity index (χ0n) is 9.19. The Bertz CT molecular complexity index is 338. The number of piperazine rings is 1. The van der Waals surface area contributed by atoms with Crippen LogP contribution < -0.4 is 5.32 Å². The number of carbonyl (C=O) groups excluding carboxylic acids is 1. The topological polar surface area (TPSA) is 32.3 Å². The molecular formula is C12H17ClN2O. The third kappa shape index (κ3) is 3.30. The maximum absolute atomic E-state index is 10.8. The Balaban J connectivity index is 0.00000128. The Morgan fingerprint density at radius 2 is 1.94 bits per heavy atom. The number of halogens is 1. The molecule has 1 aromatic rings. The van der Waals surface area contributed by atoms with Gasteiger partial charge in [0.05, 0.1) is 0 Å². The highest BCUT2D eigenvalue weighted by Crippen LogP contribution is 2.10. The molecule has 0 saturated carbocycles. The minimum Gasteiger partial charge on any atom is -0.314 e. The average Bonchev–Trinajstić information content (AvgIpc) is 2.31. The van der Waals surface area contributed by atoms with Crippen molar-refractivity contribution in [2.45, 2.75) is 6.54 Å². The summed E-state index contributed by atoms with van der Waals surface area (Å²) >= 11 is 0. The zero-order chi connectivity index (χ0) is 10.5. The second-order valence-electron chi connectivity index (χ2n) is 3.84. The van der Waals surface area contributed by atoms with E-state index in [2.05, 4.69) is 10.2 Å². The molecule has 1 fully saturated rings. The maximum atomic E-state index is 10.8. The van der Waals surface area contributed by atoms with E-state index in [-0.39, 0.29) is 12.4 Å². The fourth-order valence-electron chi connectivity index (χ4n) is 1.90. The van der Waals surface area contributed by atoms with Crippen LogP contribution in [0, 0.1) is 0 Å². The molecule has 0 atom stereocenters. The number of hydrogen-bond donors (Lipinski definition) is 1. The fourth-order valence-corrected chi connectivity index (χ4v) is 1.90. The fraction of sp³-hybridized carbons (Fsp3) is 0.417. The first-order valence-corrected chi connectivity index (χ1v) is 5.36. The second-order valence-corrected chi connectivity index (χ2v) is 3.84. The third-order valence-corrected chi connectivity index (χ3v) is 2.79. The minimum absolute atomic E-state index is 0. The summed E-state index contributed by atoms with van der Waals surface area (Å²) in [4.78, 5) is 13.2. The van der Waals surface area contributed by atoms with Gasteiger partial charge in [0.15, 0.2) is 0 Å². The molecule has 0 radical (unpaired) electrons. The standard InChI is InChI=1S/C12H16N2O.ClH/c15-10-12-4-2-1-3-11(12)9-14-7-5-13-6-8-14;/h1-4,10,13H,5-9H2;1H. The van der Waals surface area contributed by atoms with E-state index in [9.17, 15) is 4.79 Å². The van der Waals surface area contributed by atoms with Gasteiger partial charge >= 0.3 is 0 Å². The molecule has 88 valence electrons. The van der Waals surface area contributed by atoms with Crippen molar-refractivity contribution in [3.8, 4) is 0 Å². The molecule has 0 aromatic heterocycles. The van der Waals surface area contributed by atoms with Crippen molar-refractivity contribution in [3.05, 3.63) is 35.4 Å². The van der Waals surface area contributed by atoms with E-state index in [1.54, 1.807) is 0 Å². The number of benzene rings is 1. The van der Waals surface area contributed by atoms with Crippen LogP contribution in [0.15, 0.2) is 24.3 Å². The summed E-state index contributed by atoms with van der Waals surface area (Å²) in [6.07, 6.45) is 0.942. The molecule has 16 heavy (non-hydrogen) atoms. The Hall–Kier alpha value is -0.900. The molecular weight excluding hydrogens is 224 g/mol. The molecule has 0 unspecified atom stereocenters. The van der Waals surface area contributed by atoms with E-state index < -0.39 is 0 Å². The lowest BCUT2D eigenvalue weighted by Crippen LogP contribution is -2.43. The lowest BCUT2D eigenvalue weighted by molar-refractivity contribution is 0.112. The Morgan fingerprint density at radius 1 is 1.25 bits per heavy atom. The lowest BCUT2D eigenvalue weighted by Gasteiger charge is -2.27. The number of nitrogens with one attached hydrogen (secondary N) is 1. The molecule has 0 spiro atoms. The first-order chi connectivity index (χ1) is 7.40. The molecule has 1 aliphatic rings. The first kappa shape index (κ1) is 13.2. The Morgan fingerprint density at radius 3 is 2.62 bits per heavy atom. The van der Waals surface area contributed by atoms with Gasteiger partial charge in [0.1, 0.15) is 6.29 Å². The molecule has 1 aliphatic heterocycles. The van der Waals surface area contributed by atoms with E-state index in [1.165, 1.54) is 0 Å². The normalized spacial score (nSPS) is 16.5. The van der Waals surface area contributed by atoms with Gasteiger partial charge in [-0.15, -0.1) is 12.4 Å². The van der Waals surface area contributed by atoms with Crippen molar-refractivity contribution in [2.24, 2.45) is 0 Å². The van der Waals surface area contributed by atoms with Gasteiger partial charge in [-0.05, 0) is 5.56 Å². The predicted molar refractivity (Wildman–Crippen MR) is 67.2 cm³/mol. The largest absolute Gasteiger partial charge is 0.314 e. The van der Waals surface area contributed by atoms with Gasteiger partial charge < -0.3 is 5.32 Å². The second kappa shape index (κ2) is 6.63. The van der Waals surface area contributed by atoms with Crippen LogP contribution in [0.3, 0.4) is 0 Å². The van der Waals surface area contributed by atoms with Crippen LogP contribution in [0.4, 0.5) is 0 Å². The van der Waals surface area contributed by atoms with E-state index in [0.29, 0.717) is 0 Å². The highest BCUT2D eigenvalue weighted by Gasteiger charge is 2.11. The van der Waals surface area contributed by atoms with Crippen LogP contribution in [0.25, 0.3) is 0 Å². The minimum atomic E-state index is 0. The van der Waals surface area contributed by atoms with Crippen LogP contribution >= 0.6 is 12.4 Å². The molecule has 2 rings (SSSR count). The van der Waals surface area contributed by atoms with Gasteiger partial charge in [-0.1, -0.05) is 24.3 Å². The van der Waals surface area contributed by atoms with Gasteiger partial charge in [-0.3, -0.25) is 9.69 Å². The van der Waals surface area contributed by atoms with Crippen LogP contribution in [0.5, 0.6) is 0 Å². The molecule has 0 amide bonds. The number of rotatable bonds is 3. The van der Waals surface area contributed by atoms with Crippen LogP contribution in [0.1, 0.15) is 15.9 Å². The lowest BCUT2D eigenvalue weighted by atomic mass is 10.1. The van der Waals surface area contributed by atoms with Gasteiger partial charge in [-0.2, -0.15) is 0 Å². The molecule has 1 aromatic carbocycles. The summed E-state index contributed by atoms with van der Waals surface area (Å²) in [5.41, 5.74) is 1.95. The number of nitrogens with zero attached hydrogens (tertiary/aromatic N) is 1. The van der Waals surface area contributed by atoms with Crippen molar-refractivity contribution in [3.63, 3.8) is 0 Å². The summed E-state index contributed by atoms with van der Waals surface area (Å²) in [6, 6.07) is 7.81. The van der Waals surface area contributed by atoms with E-state index >= 15 is 0 Å². The van der Waals surface area contributed by atoms with E-state index in [0.717, 1.165) is 50.1 Å². The summed E-state index contributed by atoms with van der Waals surface area (Å²) in [7, 11) is 0. The van der Waals surface area contributed by atoms with Crippen molar-refractivity contribution < 1.29 is 4.79 Å². The molecule has 0 bridgehead atoms. The van der Waals surface area contributed by atoms with E-state index in [1.807, 2.05) is 24.3 Å². The Kier molecular flexibility index (Phi) is 5.46. The smallest absolute Gasteiger partial charge is 0.150 e.